The van der Waals surface area contributed by atoms with Gasteiger partial charge in [-0.15, -0.1) is 0 Å². The first kappa shape index (κ1) is 15.7. The Bertz CT molecular complexity index is 403. The molecule has 19 heavy (non-hydrogen) atoms. The summed E-state index contributed by atoms with van der Waals surface area (Å²) in [7, 11) is 0. The van der Waals surface area contributed by atoms with Crippen molar-refractivity contribution in [1.82, 2.24) is 10.6 Å². The van der Waals surface area contributed by atoms with Gasteiger partial charge in [0.15, 0.2) is 0 Å². The molecule has 0 bridgehead atoms. The van der Waals surface area contributed by atoms with Crippen molar-refractivity contribution in [2.45, 2.75) is 40.2 Å². The van der Waals surface area contributed by atoms with E-state index in [1.54, 1.807) is 0 Å². The monoisotopic (exact) mass is 262 g/mol. The van der Waals surface area contributed by atoms with Crippen molar-refractivity contribution in [2.75, 3.05) is 13.1 Å². The Kier molecular flexibility index (Phi) is 6.57. The Morgan fingerprint density at radius 1 is 1.26 bits per heavy atom. The van der Waals surface area contributed by atoms with E-state index in [9.17, 15) is 4.79 Å². The highest BCUT2D eigenvalue weighted by molar-refractivity contribution is 5.78. The standard InChI is InChI=1S/C16H26N2O/c1-5-17-11-13(3)16(19)18-14(4)10-15-9-7-6-8-12(15)2/h6-9,13-14,17H,5,10-11H2,1-4H3,(H,18,19). The first-order valence-corrected chi connectivity index (χ1v) is 7.10. The molecule has 0 heterocycles. The van der Waals surface area contributed by atoms with Crippen molar-refractivity contribution in [2.24, 2.45) is 5.92 Å². The van der Waals surface area contributed by atoms with Crippen LogP contribution < -0.4 is 10.6 Å². The zero-order chi connectivity index (χ0) is 14.3. The molecule has 1 aromatic rings. The zero-order valence-corrected chi connectivity index (χ0v) is 12.5. The number of hydrogen-bond acceptors (Lipinski definition) is 2. The molecule has 2 atom stereocenters. The van der Waals surface area contributed by atoms with Gasteiger partial charge in [-0.3, -0.25) is 4.79 Å². The molecule has 3 heteroatoms. The lowest BCUT2D eigenvalue weighted by Gasteiger charge is -2.18. The van der Waals surface area contributed by atoms with Gasteiger partial charge >= 0.3 is 0 Å². The maximum atomic E-state index is 12.0. The first-order chi connectivity index (χ1) is 9.04. The number of carbonyl (C=O) groups excluding carboxylic acids is 1. The van der Waals surface area contributed by atoms with Crippen LogP contribution in [0.3, 0.4) is 0 Å². The minimum atomic E-state index is 0.0132. The molecule has 2 N–H and O–H groups in total. The molecular weight excluding hydrogens is 236 g/mol. The van der Waals surface area contributed by atoms with Crippen LogP contribution in [0.2, 0.25) is 0 Å². The Hall–Kier alpha value is -1.35. The number of nitrogens with one attached hydrogen (secondary N) is 2. The molecule has 0 aliphatic carbocycles. The van der Waals surface area contributed by atoms with E-state index in [2.05, 4.69) is 36.6 Å². The average Bonchev–Trinajstić information content (AvgIpc) is 2.38. The third-order valence-corrected chi connectivity index (χ3v) is 3.32. The van der Waals surface area contributed by atoms with Crippen LogP contribution in [0.1, 0.15) is 31.9 Å². The van der Waals surface area contributed by atoms with Crippen LogP contribution >= 0.6 is 0 Å². The van der Waals surface area contributed by atoms with Crippen molar-refractivity contribution in [3.63, 3.8) is 0 Å². The summed E-state index contributed by atoms with van der Waals surface area (Å²) in [6.07, 6.45) is 0.881. The van der Waals surface area contributed by atoms with Gasteiger partial charge < -0.3 is 10.6 Å². The predicted molar refractivity (Wildman–Crippen MR) is 80.2 cm³/mol. The van der Waals surface area contributed by atoms with Crippen molar-refractivity contribution in [1.29, 1.82) is 0 Å². The summed E-state index contributed by atoms with van der Waals surface area (Å²) in [4.78, 5) is 12.0. The predicted octanol–water partition coefficient (Wildman–Crippen LogP) is 2.29. The Morgan fingerprint density at radius 3 is 2.58 bits per heavy atom. The van der Waals surface area contributed by atoms with Crippen LogP contribution in [-0.4, -0.2) is 25.0 Å². The van der Waals surface area contributed by atoms with Crippen LogP contribution in [0.4, 0.5) is 0 Å². The van der Waals surface area contributed by atoms with Gasteiger partial charge in [-0.2, -0.15) is 0 Å². The third-order valence-electron chi connectivity index (χ3n) is 3.32. The lowest BCUT2D eigenvalue weighted by atomic mass is 10.0. The maximum Gasteiger partial charge on any atom is 0.224 e. The van der Waals surface area contributed by atoms with Crippen molar-refractivity contribution >= 4 is 5.91 Å². The Morgan fingerprint density at radius 2 is 1.95 bits per heavy atom. The lowest BCUT2D eigenvalue weighted by Crippen LogP contribution is -2.40. The van der Waals surface area contributed by atoms with Crippen molar-refractivity contribution < 1.29 is 4.79 Å². The van der Waals surface area contributed by atoms with E-state index in [1.165, 1.54) is 11.1 Å². The molecule has 0 radical (unpaired) electrons. The highest BCUT2D eigenvalue weighted by Gasteiger charge is 2.15. The van der Waals surface area contributed by atoms with Crippen molar-refractivity contribution in [3.8, 4) is 0 Å². The summed E-state index contributed by atoms with van der Waals surface area (Å²) in [6, 6.07) is 8.49. The lowest BCUT2D eigenvalue weighted by molar-refractivity contribution is -0.124. The molecule has 2 unspecified atom stereocenters. The van der Waals surface area contributed by atoms with E-state index in [4.69, 9.17) is 0 Å². The molecule has 0 saturated carbocycles. The van der Waals surface area contributed by atoms with E-state index >= 15 is 0 Å². The number of carbonyl (C=O) groups is 1. The normalized spacial score (nSPS) is 13.9. The van der Waals surface area contributed by atoms with Crippen LogP contribution in [-0.2, 0) is 11.2 Å². The zero-order valence-electron chi connectivity index (χ0n) is 12.5. The van der Waals surface area contributed by atoms with Gasteiger partial charge in [0, 0.05) is 18.5 Å². The van der Waals surface area contributed by atoms with Gasteiger partial charge in [0.25, 0.3) is 0 Å². The second kappa shape index (κ2) is 7.95. The fourth-order valence-electron chi connectivity index (χ4n) is 2.06. The fraction of sp³-hybridized carbons (Fsp3) is 0.562. The molecule has 3 nitrogen and oxygen atoms in total. The number of amides is 1. The second-order valence-electron chi connectivity index (χ2n) is 5.25. The minimum Gasteiger partial charge on any atom is -0.353 e. The molecule has 1 rings (SSSR count). The summed E-state index contributed by atoms with van der Waals surface area (Å²) in [5.74, 6) is 0.140. The summed E-state index contributed by atoms with van der Waals surface area (Å²) < 4.78 is 0. The number of hydrogen-bond donors (Lipinski definition) is 2. The quantitative estimate of drug-likeness (QED) is 0.791. The van der Waals surface area contributed by atoms with Gasteiger partial charge in [0.1, 0.15) is 0 Å². The summed E-state index contributed by atoms with van der Waals surface area (Å²) in [5.41, 5.74) is 2.58. The molecule has 0 aromatic heterocycles. The van der Waals surface area contributed by atoms with Crippen LogP contribution in [0.5, 0.6) is 0 Å². The molecule has 0 saturated heterocycles. The first-order valence-electron chi connectivity index (χ1n) is 7.10. The molecule has 1 aromatic carbocycles. The Labute approximate surface area is 116 Å². The van der Waals surface area contributed by atoms with Gasteiger partial charge in [0.05, 0.1) is 0 Å². The minimum absolute atomic E-state index is 0.0132. The molecule has 1 amide bonds. The molecule has 0 spiro atoms. The van der Waals surface area contributed by atoms with Gasteiger partial charge in [-0.1, -0.05) is 38.1 Å². The van der Waals surface area contributed by atoms with Gasteiger partial charge in [-0.05, 0) is 37.9 Å². The largest absolute Gasteiger partial charge is 0.353 e. The van der Waals surface area contributed by atoms with E-state index in [1.807, 2.05) is 26.0 Å². The Balaban J connectivity index is 2.45. The summed E-state index contributed by atoms with van der Waals surface area (Å²) >= 11 is 0. The van der Waals surface area contributed by atoms with E-state index < -0.39 is 0 Å². The topological polar surface area (TPSA) is 41.1 Å². The summed E-state index contributed by atoms with van der Waals surface area (Å²) in [5, 5.41) is 6.29. The third kappa shape index (κ3) is 5.43. The van der Waals surface area contributed by atoms with E-state index in [0.717, 1.165) is 19.5 Å². The summed E-state index contributed by atoms with van der Waals surface area (Å²) in [6.45, 7) is 9.81. The maximum absolute atomic E-state index is 12.0. The molecule has 0 aliphatic rings. The van der Waals surface area contributed by atoms with E-state index in [0.29, 0.717) is 0 Å². The highest BCUT2D eigenvalue weighted by atomic mass is 16.1. The SMILES string of the molecule is CCNCC(C)C(=O)NC(C)Cc1ccccc1C. The van der Waals surface area contributed by atoms with E-state index in [-0.39, 0.29) is 17.9 Å². The fourth-order valence-corrected chi connectivity index (χ4v) is 2.06. The van der Waals surface area contributed by atoms with Crippen LogP contribution in [0.15, 0.2) is 24.3 Å². The average molecular weight is 262 g/mol. The second-order valence-corrected chi connectivity index (χ2v) is 5.25. The van der Waals surface area contributed by atoms with Gasteiger partial charge in [0.2, 0.25) is 5.91 Å². The van der Waals surface area contributed by atoms with Gasteiger partial charge in [-0.25, -0.2) is 0 Å². The number of benzene rings is 1. The van der Waals surface area contributed by atoms with Crippen LogP contribution in [0, 0.1) is 12.8 Å². The smallest absolute Gasteiger partial charge is 0.224 e. The number of rotatable bonds is 7. The highest BCUT2D eigenvalue weighted by Crippen LogP contribution is 2.09. The number of aryl methyl sites for hydroxylation is 1. The molecular formula is C16H26N2O. The van der Waals surface area contributed by atoms with Crippen molar-refractivity contribution in [3.05, 3.63) is 35.4 Å². The molecule has 0 aliphatic heterocycles. The van der Waals surface area contributed by atoms with Crippen LogP contribution in [0.25, 0.3) is 0 Å². The molecule has 0 fully saturated rings. The molecule has 106 valence electrons.